The highest BCUT2D eigenvalue weighted by Gasteiger charge is 2.23. The lowest BCUT2D eigenvalue weighted by Crippen LogP contribution is -2.50. The number of amides is 2. The fourth-order valence-electron chi connectivity index (χ4n) is 3.01. The van der Waals surface area contributed by atoms with Crippen molar-refractivity contribution in [2.75, 3.05) is 48.3 Å². The molecule has 2 aromatic rings. The van der Waals surface area contributed by atoms with Gasteiger partial charge in [0.1, 0.15) is 11.6 Å². The number of hydrogen-bond donors (Lipinski definition) is 2. The zero-order valence-electron chi connectivity index (χ0n) is 15.9. The summed E-state index contributed by atoms with van der Waals surface area (Å²) in [6.07, 6.45) is 0. The van der Waals surface area contributed by atoms with E-state index in [4.69, 9.17) is 0 Å². The summed E-state index contributed by atoms with van der Waals surface area (Å²) in [5.41, 5.74) is 1.84. The van der Waals surface area contributed by atoms with Crippen LogP contribution in [0.15, 0.2) is 24.3 Å². The fourth-order valence-corrected chi connectivity index (χ4v) is 3.01. The number of benzene rings is 1. The van der Waals surface area contributed by atoms with Gasteiger partial charge in [0.05, 0.1) is 0 Å². The van der Waals surface area contributed by atoms with E-state index in [2.05, 4.69) is 25.5 Å². The van der Waals surface area contributed by atoms with Crippen LogP contribution in [0.25, 0.3) is 0 Å². The Kier molecular flexibility index (Phi) is 5.73. The van der Waals surface area contributed by atoms with Crippen LogP contribution in [-0.2, 0) is 0 Å². The van der Waals surface area contributed by atoms with Crippen LogP contribution < -0.4 is 15.5 Å². The van der Waals surface area contributed by atoms with E-state index in [1.165, 1.54) is 6.07 Å². The van der Waals surface area contributed by atoms with Gasteiger partial charge in [0.25, 0.3) is 0 Å². The Balaban J connectivity index is 1.61. The molecule has 7 nitrogen and oxygen atoms in total. The molecule has 1 aromatic carbocycles. The monoisotopic (exact) mass is 372 g/mol. The summed E-state index contributed by atoms with van der Waals surface area (Å²) in [5, 5.41) is 6.01. The predicted octanol–water partition coefficient (Wildman–Crippen LogP) is 3.02. The third kappa shape index (κ3) is 4.45. The Bertz CT molecular complexity index is 820. The standard InChI is InChI=1S/C19H25FN6O/c1-4-21-17-12-13(2)22-18(24-17)25-8-10-26(11-9-25)19(27)23-16-7-5-6-15(20)14(16)3/h5-7,12H,4,8-11H2,1-3H3,(H,23,27)(H,21,22,24). The van der Waals surface area contributed by atoms with Crippen LogP contribution in [0.5, 0.6) is 0 Å². The van der Waals surface area contributed by atoms with Crippen LogP contribution in [0, 0.1) is 19.7 Å². The number of aryl methyl sites for hydroxylation is 1. The highest BCUT2D eigenvalue weighted by atomic mass is 19.1. The van der Waals surface area contributed by atoms with Crippen molar-refractivity contribution in [3.8, 4) is 0 Å². The van der Waals surface area contributed by atoms with E-state index < -0.39 is 0 Å². The summed E-state index contributed by atoms with van der Waals surface area (Å²) in [5.74, 6) is 1.15. The van der Waals surface area contributed by atoms with Gasteiger partial charge >= 0.3 is 6.03 Å². The van der Waals surface area contributed by atoms with E-state index in [-0.39, 0.29) is 11.8 Å². The third-order valence-electron chi connectivity index (χ3n) is 4.56. The van der Waals surface area contributed by atoms with Crippen LogP contribution in [0.1, 0.15) is 18.2 Å². The summed E-state index contributed by atoms with van der Waals surface area (Å²) < 4.78 is 13.6. The van der Waals surface area contributed by atoms with Gasteiger partial charge in [0.15, 0.2) is 0 Å². The van der Waals surface area contributed by atoms with E-state index in [0.29, 0.717) is 43.4 Å². The first-order valence-corrected chi connectivity index (χ1v) is 9.13. The topological polar surface area (TPSA) is 73.4 Å². The molecule has 2 heterocycles. The van der Waals surface area contributed by atoms with Crippen molar-refractivity contribution in [1.29, 1.82) is 0 Å². The highest BCUT2D eigenvalue weighted by molar-refractivity contribution is 5.90. The highest BCUT2D eigenvalue weighted by Crippen LogP contribution is 2.19. The number of halogens is 1. The Morgan fingerprint density at radius 1 is 1.19 bits per heavy atom. The molecular weight excluding hydrogens is 347 g/mol. The summed E-state index contributed by atoms with van der Waals surface area (Å²) in [4.78, 5) is 25.4. The van der Waals surface area contributed by atoms with Crippen LogP contribution in [0.2, 0.25) is 0 Å². The third-order valence-corrected chi connectivity index (χ3v) is 4.56. The lowest BCUT2D eigenvalue weighted by Gasteiger charge is -2.35. The van der Waals surface area contributed by atoms with Gasteiger partial charge in [-0.25, -0.2) is 14.2 Å². The van der Waals surface area contributed by atoms with Crippen LogP contribution in [-0.4, -0.2) is 53.6 Å². The zero-order chi connectivity index (χ0) is 19.4. The quantitative estimate of drug-likeness (QED) is 0.863. The van der Waals surface area contributed by atoms with E-state index in [0.717, 1.165) is 18.1 Å². The molecule has 2 N–H and O–H groups in total. The minimum Gasteiger partial charge on any atom is -0.370 e. The van der Waals surface area contributed by atoms with E-state index in [1.807, 2.05) is 19.9 Å². The van der Waals surface area contributed by atoms with Gasteiger partial charge in [0.2, 0.25) is 5.95 Å². The summed E-state index contributed by atoms with van der Waals surface area (Å²) in [6, 6.07) is 6.37. The summed E-state index contributed by atoms with van der Waals surface area (Å²) >= 11 is 0. The Hall–Kier alpha value is -2.90. The molecule has 1 aliphatic rings. The lowest BCUT2D eigenvalue weighted by atomic mass is 10.2. The molecule has 0 radical (unpaired) electrons. The molecule has 1 saturated heterocycles. The molecule has 1 aromatic heterocycles. The van der Waals surface area contributed by atoms with E-state index in [9.17, 15) is 9.18 Å². The number of nitrogens with one attached hydrogen (secondary N) is 2. The number of urea groups is 1. The molecule has 27 heavy (non-hydrogen) atoms. The summed E-state index contributed by atoms with van der Waals surface area (Å²) in [7, 11) is 0. The molecule has 8 heteroatoms. The first-order valence-electron chi connectivity index (χ1n) is 9.13. The maximum Gasteiger partial charge on any atom is 0.321 e. The predicted molar refractivity (Wildman–Crippen MR) is 105 cm³/mol. The Morgan fingerprint density at radius 2 is 1.93 bits per heavy atom. The maximum atomic E-state index is 13.6. The molecule has 0 unspecified atom stereocenters. The number of rotatable bonds is 4. The number of anilines is 3. The number of nitrogens with zero attached hydrogens (tertiary/aromatic N) is 4. The summed E-state index contributed by atoms with van der Waals surface area (Å²) in [6.45, 7) is 8.80. The van der Waals surface area contributed by atoms with Crippen molar-refractivity contribution in [3.05, 3.63) is 41.3 Å². The lowest BCUT2D eigenvalue weighted by molar-refractivity contribution is 0.208. The first kappa shape index (κ1) is 18.9. The molecule has 0 aliphatic carbocycles. The molecule has 2 amide bonds. The van der Waals surface area contributed by atoms with Gasteiger partial charge in [-0.2, -0.15) is 4.98 Å². The largest absolute Gasteiger partial charge is 0.370 e. The number of carbonyl (C=O) groups is 1. The minimum absolute atomic E-state index is 0.221. The van der Waals surface area contributed by atoms with Crippen molar-refractivity contribution in [2.45, 2.75) is 20.8 Å². The average molecular weight is 372 g/mol. The molecule has 3 rings (SSSR count). The molecule has 1 fully saturated rings. The second kappa shape index (κ2) is 8.20. The zero-order valence-corrected chi connectivity index (χ0v) is 15.9. The fraction of sp³-hybridized carbons (Fsp3) is 0.421. The van der Waals surface area contributed by atoms with Gasteiger partial charge in [-0.05, 0) is 32.9 Å². The normalized spacial score (nSPS) is 14.2. The van der Waals surface area contributed by atoms with Crippen molar-refractivity contribution < 1.29 is 9.18 Å². The van der Waals surface area contributed by atoms with Gasteiger partial charge in [-0.15, -0.1) is 0 Å². The van der Waals surface area contributed by atoms with Gasteiger partial charge < -0.3 is 20.4 Å². The van der Waals surface area contributed by atoms with Crippen LogP contribution in [0.3, 0.4) is 0 Å². The number of carbonyl (C=O) groups excluding carboxylic acids is 1. The van der Waals surface area contributed by atoms with Gasteiger partial charge in [0, 0.05) is 55.7 Å². The van der Waals surface area contributed by atoms with Crippen molar-refractivity contribution in [3.63, 3.8) is 0 Å². The Labute approximate surface area is 158 Å². The first-order chi connectivity index (χ1) is 13.0. The number of piperazine rings is 1. The minimum atomic E-state index is -0.328. The average Bonchev–Trinajstić information content (AvgIpc) is 2.65. The van der Waals surface area contributed by atoms with Crippen LogP contribution >= 0.6 is 0 Å². The number of aromatic nitrogens is 2. The molecule has 0 atom stereocenters. The molecule has 144 valence electrons. The van der Waals surface area contributed by atoms with Crippen molar-refractivity contribution in [2.24, 2.45) is 0 Å². The second-order valence-corrected chi connectivity index (χ2v) is 6.54. The van der Waals surface area contributed by atoms with E-state index in [1.54, 1.807) is 24.0 Å². The molecule has 0 spiro atoms. The molecule has 1 aliphatic heterocycles. The Morgan fingerprint density at radius 3 is 2.63 bits per heavy atom. The van der Waals surface area contributed by atoms with Gasteiger partial charge in [-0.3, -0.25) is 0 Å². The second-order valence-electron chi connectivity index (χ2n) is 6.54. The van der Waals surface area contributed by atoms with Gasteiger partial charge in [-0.1, -0.05) is 6.07 Å². The van der Waals surface area contributed by atoms with E-state index >= 15 is 0 Å². The maximum absolute atomic E-state index is 13.6. The van der Waals surface area contributed by atoms with Crippen LogP contribution in [0.4, 0.5) is 26.6 Å². The van der Waals surface area contributed by atoms with Crippen molar-refractivity contribution >= 4 is 23.5 Å². The van der Waals surface area contributed by atoms with Crippen molar-refractivity contribution in [1.82, 2.24) is 14.9 Å². The molecular formula is C19H25FN6O. The smallest absolute Gasteiger partial charge is 0.321 e. The molecule has 0 saturated carbocycles. The number of hydrogen-bond acceptors (Lipinski definition) is 5. The SMILES string of the molecule is CCNc1cc(C)nc(N2CCN(C(=O)Nc3cccc(F)c3C)CC2)n1. The molecule has 0 bridgehead atoms.